The van der Waals surface area contributed by atoms with Gasteiger partial charge in [0, 0.05) is 36.8 Å². The third kappa shape index (κ3) is 5.22. The molecule has 1 aromatic carbocycles. The summed E-state index contributed by atoms with van der Waals surface area (Å²) in [5.74, 6) is 1.67. The van der Waals surface area contributed by atoms with Crippen molar-refractivity contribution in [1.29, 1.82) is 0 Å². The first-order valence-electron chi connectivity index (χ1n) is 10.5. The number of thiophene rings is 1. The lowest BCUT2D eigenvalue weighted by Crippen LogP contribution is -2.49. The Bertz CT molecular complexity index is 1050. The maximum atomic E-state index is 12.7. The number of hydrogen-bond acceptors (Lipinski definition) is 8. The third-order valence-electron chi connectivity index (χ3n) is 5.30. The molecule has 1 saturated heterocycles. The van der Waals surface area contributed by atoms with Crippen molar-refractivity contribution in [3.05, 3.63) is 51.7 Å². The van der Waals surface area contributed by atoms with E-state index in [-0.39, 0.29) is 12.5 Å². The number of aromatic nitrogens is 2. The Morgan fingerprint density at radius 3 is 2.65 bits per heavy atom. The number of rotatable bonds is 8. The number of hydrogen-bond donors (Lipinski definition) is 0. The van der Waals surface area contributed by atoms with Crippen LogP contribution in [0.15, 0.2) is 46.7 Å². The second-order valence-electron chi connectivity index (χ2n) is 7.35. The van der Waals surface area contributed by atoms with Crippen LogP contribution in [0, 0.1) is 4.91 Å². The lowest BCUT2D eigenvalue weighted by atomic mass is 10.1. The summed E-state index contributed by atoms with van der Waals surface area (Å²) >= 11 is 3.16. The van der Waals surface area contributed by atoms with Crippen LogP contribution >= 0.6 is 23.1 Å². The van der Waals surface area contributed by atoms with E-state index in [1.807, 2.05) is 35.2 Å². The van der Waals surface area contributed by atoms with E-state index in [0.717, 1.165) is 41.1 Å². The average Bonchev–Trinajstić information content (AvgIpc) is 3.23. The fourth-order valence-electron chi connectivity index (χ4n) is 3.64. The van der Waals surface area contributed by atoms with Gasteiger partial charge in [-0.2, -0.15) is 4.91 Å². The summed E-state index contributed by atoms with van der Waals surface area (Å²) < 4.78 is 0. The minimum atomic E-state index is 0.167. The lowest BCUT2D eigenvalue weighted by Gasteiger charge is -2.35. The van der Waals surface area contributed by atoms with Gasteiger partial charge in [-0.1, -0.05) is 54.2 Å². The van der Waals surface area contributed by atoms with Crippen LogP contribution in [0.5, 0.6) is 0 Å². The van der Waals surface area contributed by atoms with Crippen molar-refractivity contribution < 1.29 is 4.79 Å². The molecule has 1 aliphatic rings. The van der Waals surface area contributed by atoms with E-state index in [1.54, 1.807) is 11.3 Å². The Morgan fingerprint density at radius 2 is 1.94 bits per heavy atom. The monoisotopic (exact) mass is 455 g/mol. The van der Waals surface area contributed by atoms with Gasteiger partial charge in [0.25, 0.3) is 0 Å². The second-order valence-corrected chi connectivity index (χ2v) is 9.52. The van der Waals surface area contributed by atoms with Crippen LogP contribution in [-0.4, -0.2) is 59.3 Å². The van der Waals surface area contributed by atoms with E-state index in [9.17, 15) is 9.70 Å². The fourth-order valence-corrected chi connectivity index (χ4v) is 5.32. The van der Waals surface area contributed by atoms with Crippen molar-refractivity contribution in [3.63, 3.8) is 0 Å². The summed E-state index contributed by atoms with van der Waals surface area (Å²) in [6, 6.07) is 12.1. The zero-order chi connectivity index (χ0) is 21.6. The minimum Gasteiger partial charge on any atom is -0.352 e. The predicted molar refractivity (Wildman–Crippen MR) is 127 cm³/mol. The second kappa shape index (κ2) is 10.2. The number of piperazine rings is 1. The molecule has 0 saturated carbocycles. The van der Waals surface area contributed by atoms with Gasteiger partial charge < -0.3 is 9.80 Å². The molecule has 3 aromatic rings. The van der Waals surface area contributed by atoms with Crippen LogP contribution < -0.4 is 4.90 Å². The molecule has 2 aromatic heterocycles. The van der Waals surface area contributed by atoms with Crippen molar-refractivity contribution >= 4 is 45.0 Å². The number of carbonyl (C=O) groups is 1. The number of benzene rings is 1. The molecule has 0 bridgehead atoms. The van der Waals surface area contributed by atoms with Crippen molar-refractivity contribution in [2.24, 2.45) is 5.18 Å². The standard InChI is InChI=1S/C22H25N5O2S2/c1-2-17-15-18-20(24-22(25-21(18)31-17)30-13-8-23-29)27-11-9-26(10-12-27)19(28)14-16-6-4-3-5-7-16/h3-7,15H,2,8-14H2,1H3. The highest BCUT2D eigenvalue weighted by Gasteiger charge is 2.24. The van der Waals surface area contributed by atoms with Crippen molar-refractivity contribution in [1.82, 2.24) is 14.9 Å². The SMILES string of the molecule is CCc1cc2c(N3CCN(C(=O)Cc4ccccc4)CC3)nc(SCCN=O)nc2s1. The van der Waals surface area contributed by atoms with Crippen LogP contribution in [0.3, 0.4) is 0 Å². The van der Waals surface area contributed by atoms with Crippen LogP contribution in [0.2, 0.25) is 0 Å². The van der Waals surface area contributed by atoms with E-state index in [4.69, 9.17) is 9.97 Å². The first-order chi connectivity index (χ1) is 15.2. The fraction of sp³-hybridized carbons (Fsp3) is 0.409. The summed E-state index contributed by atoms with van der Waals surface area (Å²) in [7, 11) is 0. The highest BCUT2D eigenvalue weighted by atomic mass is 32.2. The third-order valence-corrected chi connectivity index (χ3v) is 7.30. The number of fused-ring (bicyclic) bond motifs is 1. The number of carbonyl (C=O) groups excluding carboxylic acids is 1. The topological polar surface area (TPSA) is 78.8 Å². The van der Waals surface area contributed by atoms with Gasteiger partial charge in [-0.25, -0.2) is 9.97 Å². The van der Waals surface area contributed by atoms with Gasteiger partial charge in [0.05, 0.1) is 18.4 Å². The molecule has 7 nitrogen and oxygen atoms in total. The largest absolute Gasteiger partial charge is 0.352 e. The summed E-state index contributed by atoms with van der Waals surface area (Å²) in [5.41, 5.74) is 1.05. The molecule has 0 aliphatic carbocycles. The molecule has 9 heteroatoms. The molecular formula is C22H25N5O2S2. The molecule has 31 heavy (non-hydrogen) atoms. The van der Waals surface area contributed by atoms with Crippen LogP contribution in [0.25, 0.3) is 10.2 Å². The summed E-state index contributed by atoms with van der Waals surface area (Å²) in [4.78, 5) is 39.1. The van der Waals surface area contributed by atoms with Crippen molar-refractivity contribution in [2.75, 3.05) is 43.4 Å². The van der Waals surface area contributed by atoms with Gasteiger partial charge in [-0.15, -0.1) is 11.3 Å². The van der Waals surface area contributed by atoms with Gasteiger partial charge in [0.2, 0.25) is 5.91 Å². The number of nitrogens with zero attached hydrogens (tertiary/aromatic N) is 5. The van der Waals surface area contributed by atoms with Gasteiger partial charge in [0.1, 0.15) is 10.6 Å². The van der Waals surface area contributed by atoms with Crippen molar-refractivity contribution in [3.8, 4) is 0 Å². The molecule has 0 atom stereocenters. The summed E-state index contributed by atoms with van der Waals surface area (Å²) in [6.07, 6.45) is 1.40. The smallest absolute Gasteiger partial charge is 0.227 e. The first kappa shape index (κ1) is 21.7. The average molecular weight is 456 g/mol. The molecule has 162 valence electrons. The molecule has 0 radical (unpaired) electrons. The maximum Gasteiger partial charge on any atom is 0.227 e. The maximum absolute atomic E-state index is 12.7. The Kier molecular flexibility index (Phi) is 7.14. The summed E-state index contributed by atoms with van der Waals surface area (Å²) in [5, 5.41) is 4.68. The molecule has 0 N–H and O–H groups in total. The Labute approximate surface area is 189 Å². The Morgan fingerprint density at radius 1 is 1.16 bits per heavy atom. The first-order valence-corrected chi connectivity index (χ1v) is 12.3. The molecule has 1 aliphatic heterocycles. The minimum absolute atomic E-state index is 0.167. The molecular weight excluding hydrogens is 430 g/mol. The van der Waals surface area contributed by atoms with Crippen LogP contribution in [0.1, 0.15) is 17.4 Å². The van der Waals surface area contributed by atoms with Crippen LogP contribution in [-0.2, 0) is 17.6 Å². The van der Waals surface area contributed by atoms with Gasteiger partial charge in [-0.3, -0.25) is 4.79 Å². The molecule has 0 unspecified atom stereocenters. The molecule has 4 rings (SSSR count). The van der Waals surface area contributed by atoms with Gasteiger partial charge in [0.15, 0.2) is 5.16 Å². The number of aryl methyl sites for hydroxylation is 1. The number of amides is 1. The quantitative estimate of drug-likeness (QED) is 0.221. The molecule has 3 heterocycles. The van der Waals surface area contributed by atoms with E-state index >= 15 is 0 Å². The number of thioether (sulfide) groups is 1. The lowest BCUT2D eigenvalue weighted by molar-refractivity contribution is -0.130. The van der Waals surface area contributed by atoms with Gasteiger partial charge in [-0.05, 0) is 18.1 Å². The highest BCUT2D eigenvalue weighted by Crippen LogP contribution is 2.33. The van der Waals surface area contributed by atoms with E-state index in [2.05, 4.69) is 23.1 Å². The van der Waals surface area contributed by atoms with E-state index < -0.39 is 0 Å². The zero-order valence-electron chi connectivity index (χ0n) is 17.5. The predicted octanol–water partition coefficient (Wildman–Crippen LogP) is 4.00. The Hall–Kier alpha value is -2.52. The van der Waals surface area contributed by atoms with E-state index in [1.165, 1.54) is 16.6 Å². The Balaban J connectivity index is 1.48. The normalized spacial score (nSPS) is 14.2. The molecule has 0 spiro atoms. The summed E-state index contributed by atoms with van der Waals surface area (Å²) in [6.45, 7) is 5.22. The number of anilines is 1. The molecule has 1 fully saturated rings. The number of nitroso groups, excluding NO2 is 1. The highest BCUT2D eigenvalue weighted by molar-refractivity contribution is 7.99. The molecule has 1 amide bonds. The zero-order valence-corrected chi connectivity index (χ0v) is 19.1. The van der Waals surface area contributed by atoms with E-state index in [0.29, 0.717) is 30.4 Å². The van der Waals surface area contributed by atoms with Crippen molar-refractivity contribution in [2.45, 2.75) is 24.9 Å². The van der Waals surface area contributed by atoms with Crippen LogP contribution in [0.4, 0.5) is 5.82 Å². The van der Waals surface area contributed by atoms with Gasteiger partial charge >= 0.3 is 0 Å².